The maximum atomic E-state index is 13.0. The summed E-state index contributed by atoms with van der Waals surface area (Å²) in [4.78, 5) is 21.6. The Balaban J connectivity index is 1.38. The van der Waals surface area contributed by atoms with Gasteiger partial charge in [-0.1, -0.05) is 12.1 Å². The molecular formula is C23H26N4O2. The van der Waals surface area contributed by atoms with Gasteiger partial charge in [0, 0.05) is 43.6 Å². The molecule has 0 unspecified atom stereocenters. The van der Waals surface area contributed by atoms with Gasteiger partial charge in [0.2, 0.25) is 0 Å². The number of hydrogen-bond acceptors (Lipinski definition) is 5. The maximum Gasteiger partial charge on any atom is 0.254 e. The van der Waals surface area contributed by atoms with E-state index >= 15 is 0 Å². The van der Waals surface area contributed by atoms with E-state index < -0.39 is 0 Å². The van der Waals surface area contributed by atoms with Crippen molar-refractivity contribution >= 4 is 17.4 Å². The second-order valence-corrected chi connectivity index (χ2v) is 7.36. The van der Waals surface area contributed by atoms with Gasteiger partial charge >= 0.3 is 0 Å². The number of nitrogens with zero attached hydrogens (tertiary/aromatic N) is 3. The van der Waals surface area contributed by atoms with Crippen molar-refractivity contribution in [2.75, 3.05) is 36.4 Å². The fraction of sp³-hybridized carbons (Fsp3) is 0.304. The molecule has 0 bridgehead atoms. The lowest BCUT2D eigenvalue weighted by atomic mass is 10.1. The number of piperazine rings is 1. The van der Waals surface area contributed by atoms with E-state index in [2.05, 4.69) is 47.2 Å². The van der Waals surface area contributed by atoms with Crippen LogP contribution in [-0.4, -0.2) is 42.0 Å². The second-order valence-electron chi connectivity index (χ2n) is 7.36. The summed E-state index contributed by atoms with van der Waals surface area (Å²) in [7, 11) is 0. The molecule has 0 aliphatic carbocycles. The Morgan fingerprint density at radius 3 is 2.69 bits per heavy atom. The molecular weight excluding hydrogens is 364 g/mol. The Bertz CT molecular complexity index is 976. The van der Waals surface area contributed by atoms with E-state index in [0.717, 1.165) is 18.8 Å². The van der Waals surface area contributed by atoms with E-state index in [1.54, 1.807) is 18.5 Å². The van der Waals surface area contributed by atoms with E-state index in [1.165, 1.54) is 16.8 Å². The summed E-state index contributed by atoms with van der Waals surface area (Å²) in [5.41, 5.74) is 4.54. The number of aromatic nitrogens is 1. The molecule has 6 nitrogen and oxygen atoms in total. The predicted molar refractivity (Wildman–Crippen MR) is 114 cm³/mol. The molecule has 2 aromatic heterocycles. The third-order valence-electron chi connectivity index (χ3n) is 5.51. The Labute approximate surface area is 171 Å². The minimum Gasteiger partial charge on any atom is -0.467 e. The lowest BCUT2D eigenvalue weighted by Gasteiger charge is -2.37. The largest absolute Gasteiger partial charge is 0.467 e. The zero-order valence-electron chi connectivity index (χ0n) is 16.9. The van der Waals surface area contributed by atoms with Crippen LogP contribution in [0.2, 0.25) is 0 Å². The van der Waals surface area contributed by atoms with E-state index in [4.69, 9.17) is 4.42 Å². The molecule has 150 valence electrons. The lowest BCUT2D eigenvalue weighted by Crippen LogP contribution is -2.49. The van der Waals surface area contributed by atoms with Gasteiger partial charge in [-0.05, 0) is 55.3 Å². The first-order valence-electron chi connectivity index (χ1n) is 9.94. The SMILES string of the molecule is Cc1cccc(N2CCN(C(=O)c3ccnc(NCc4ccco4)c3)CC2)c1C. The first-order chi connectivity index (χ1) is 14.1. The summed E-state index contributed by atoms with van der Waals surface area (Å²) in [5, 5.41) is 3.20. The molecule has 3 heterocycles. The molecule has 1 saturated heterocycles. The summed E-state index contributed by atoms with van der Waals surface area (Å²) in [5.74, 6) is 1.54. The van der Waals surface area contributed by atoms with Crippen molar-refractivity contribution in [1.82, 2.24) is 9.88 Å². The number of benzene rings is 1. The van der Waals surface area contributed by atoms with Crippen molar-refractivity contribution in [2.24, 2.45) is 0 Å². The molecule has 0 saturated carbocycles. The maximum absolute atomic E-state index is 13.0. The van der Waals surface area contributed by atoms with Gasteiger partial charge < -0.3 is 19.5 Å². The number of rotatable bonds is 5. The molecule has 1 fully saturated rings. The molecule has 1 aliphatic heterocycles. The average Bonchev–Trinajstić information content (AvgIpc) is 3.28. The minimum atomic E-state index is 0.0501. The molecule has 4 rings (SSSR count). The Morgan fingerprint density at radius 1 is 1.10 bits per heavy atom. The highest BCUT2D eigenvalue weighted by Gasteiger charge is 2.23. The van der Waals surface area contributed by atoms with Crippen LogP contribution in [0.1, 0.15) is 27.2 Å². The molecule has 0 atom stereocenters. The fourth-order valence-electron chi connectivity index (χ4n) is 3.66. The van der Waals surface area contributed by atoms with Crippen molar-refractivity contribution in [1.29, 1.82) is 0 Å². The van der Waals surface area contributed by atoms with Crippen LogP contribution in [0.15, 0.2) is 59.3 Å². The third kappa shape index (κ3) is 4.26. The van der Waals surface area contributed by atoms with Gasteiger partial charge in [0.25, 0.3) is 5.91 Å². The van der Waals surface area contributed by atoms with Crippen LogP contribution in [0.5, 0.6) is 0 Å². The summed E-state index contributed by atoms with van der Waals surface area (Å²) >= 11 is 0. The second kappa shape index (κ2) is 8.39. The van der Waals surface area contributed by atoms with Crippen LogP contribution in [-0.2, 0) is 6.54 Å². The highest BCUT2D eigenvalue weighted by atomic mass is 16.3. The number of carbonyl (C=O) groups excluding carboxylic acids is 1. The number of hydrogen-bond donors (Lipinski definition) is 1. The van der Waals surface area contributed by atoms with Crippen LogP contribution in [0.25, 0.3) is 0 Å². The number of nitrogens with one attached hydrogen (secondary N) is 1. The summed E-state index contributed by atoms with van der Waals surface area (Å²) in [6.07, 6.45) is 3.31. The molecule has 3 aromatic rings. The van der Waals surface area contributed by atoms with Crippen LogP contribution < -0.4 is 10.2 Å². The van der Waals surface area contributed by atoms with Gasteiger partial charge in [0.15, 0.2) is 0 Å². The lowest BCUT2D eigenvalue weighted by molar-refractivity contribution is 0.0746. The van der Waals surface area contributed by atoms with Crippen LogP contribution in [0.3, 0.4) is 0 Å². The summed E-state index contributed by atoms with van der Waals surface area (Å²) in [6.45, 7) is 7.94. The van der Waals surface area contributed by atoms with E-state index in [1.807, 2.05) is 23.1 Å². The van der Waals surface area contributed by atoms with Crippen molar-refractivity contribution in [3.8, 4) is 0 Å². The zero-order chi connectivity index (χ0) is 20.2. The smallest absolute Gasteiger partial charge is 0.254 e. The molecule has 0 spiro atoms. The zero-order valence-corrected chi connectivity index (χ0v) is 16.9. The number of carbonyl (C=O) groups is 1. The van der Waals surface area contributed by atoms with Crippen LogP contribution in [0, 0.1) is 13.8 Å². The van der Waals surface area contributed by atoms with E-state index in [-0.39, 0.29) is 5.91 Å². The molecule has 0 radical (unpaired) electrons. The fourth-order valence-corrected chi connectivity index (χ4v) is 3.66. The van der Waals surface area contributed by atoms with Gasteiger partial charge in [0.05, 0.1) is 12.8 Å². The Hall–Kier alpha value is -3.28. The van der Waals surface area contributed by atoms with Crippen LogP contribution in [0.4, 0.5) is 11.5 Å². The average molecular weight is 390 g/mol. The van der Waals surface area contributed by atoms with E-state index in [0.29, 0.717) is 31.0 Å². The van der Waals surface area contributed by atoms with Crippen molar-refractivity contribution in [3.63, 3.8) is 0 Å². The Kier molecular flexibility index (Phi) is 5.51. The number of aryl methyl sites for hydroxylation is 1. The minimum absolute atomic E-state index is 0.0501. The molecule has 29 heavy (non-hydrogen) atoms. The molecule has 1 amide bonds. The van der Waals surface area contributed by atoms with Gasteiger partial charge in [-0.15, -0.1) is 0 Å². The van der Waals surface area contributed by atoms with Crippen molar-refractivity contribution in [3.05, 3.63) is 77.4 Å². The molecule has 6 heteroatoms. The number of amides is 1. The number of anilines is 2. The topological polar surface area (TPSA) is 61.6 Å². The van der Waals surface area contributed by atoms with Crippen LogP contribution >= 0.6 is 0 Å². The summed E-state index contributed by atoms with van der Waals surface area (Å²) < 4.78 is 5.32. The highest BCUT2D eigenvalue weighted by molar-refractivity contribution is 5.95. The van der Waals surface area contributed by atoms with Crippen molar-refractivity contribution in [2.45, 2.75) is 20.4 Å². The predicted octanol–water partition coefficient (Wildman–Crippen LogP) is 3.87. The molecule has 1 aromatic carbocycles. The molecule has 1 N–H and O–H groups in total. The molecule has 1 aliphatic rings. The number of furan rings is 1. The Morgan fingerprint density at radius 2 is 1.93 bits per heavy atom. The van der Waals surface area contributed by atoms with Gasteiger partial charge in [0.1, 0.15) is 11.6 Å². The normalized spacial score (nSPS) is 14.1. The van der Waals surface area contributed by atoms with Gasteiger partial charge in [-0.2, -0.15) is 0 Å². The number of pyridine rings is 1. The first kappa shape index (κ1) is 19.1. The monoisotopic (exact) mass is 390 g/mol. The quantitative estimate of drug-likeness (QED) is 0.717. The third-order valence-corrected chi connectivity index (χ3v) is 5.51. The van der Waals surface area contributed by atoms with Gasteiger partial charge in [-0.25, -0.2) is 4.98 Å². The standard InChI is InChI=1S/C23H26N4O2/c1-17-5-3-7-21(18(17)2)26-10-12-27(13-11-26)23(28)19-8-9-24-22(15-19)25-16-20-6-4-14-29-20/h3-9,14-15H,10-13,16H2,1-2H3,(H,24,25). The van der Waals surface area contributed by atoms with E-state index in [9.17, 15) is 4.79 Å². The van der Waals surface area contributed by atoms with Gasteiger partial charge in [-0.3, -0.25) is 4.79 Å². The first-order valence-corrected chi connectivity index (χ1v) is 9.94. The highest BCUT2D eigenvalue weighted by Crippen LogP contribution is 2.24. The summed E-state index contributed by atoms with van der Waals surface area (Å²) in [6, 6.07) is 13.7. The van der Waals surface area contributed by atoms with Crippen molar-refractivity contribution < 1.29 is 9.21 Å².